The lowest BCUT2D eigenvalue weighted by atomic mass is 10.1. The highest BCUT2D eigenvalue weighted by Gasteiger charge is 2.26. The highest BCUT2D eigenvalue weighted by Crippen LogP contribution is 2.23. The summed E-state index contributed by atoms with van der Waals surface area (Å²) in [5, 5.41) is 15.2. The molecule has 0 radical (unpaired) electrons. The number of nitrogens with one attached hydrogen (secondary N) is 2. The van der Waals surface area contributed by atoms with Gasteiger partial charge in [0.05, 0.1) is 5.57 Å². The van der Waals surface area contributed by atoms with Gasteiger partial charge in [0.15, 0.2) is 11.3 Å². The third-order valence-corrected chi connectivity index (χ3v) is 3.74. The molecule has 24 heavy (non-hydrogen) atoms. The fraction of sp³-hybridized carbons (Fsp3) is 0.111. The summed E-state index contributed by atoms with van der Waals surface area (Å²) in [5.41, 5.74) is 1.93. The summed E-state index contributed by atoms with van der Waals surface area (Å²) in [5.74, 6) is 0.200. The molecule has 2 aromatic rings. The van der Waals surface area contributed by atoms with E-state index in [9.17, 15) is 9.90 Å². The van der Waals surface area contributed by atoms with Crippen molar-refractivity contribution < 1.29 is 14.6 Å². The van der Waals surface area contributed by atoms with Crippen LogP contribution in [0.15, 0.2) is 60.2 Å². The van der Waals surface area contributed by atoms with Crippen molar-refractivity contribution >= 4 is 29.3 Å². The molecule has 6 heteroatoms. The van der Waals surface area contributed by atoms with Crippen molar-refractivity contribution in [3.05, 3.63) is 71.3 Å². The minimum absolute atomic E-state index is 0.110. The number of carbonyl (C=O) groups is 1. The first-order valence-electron chi connectivity index (χ1n) is 7.41. The monoisotopic (exact) mass is 340 g/mol. The maximum absolute atomic E-state index is 12.0. The largest absolute Gasteiger partial charge is 0.488 e. The first kappa shape index (κ1) is 16.2. The smallest absolute Gasteiger partial charge is 0.257 e. The van der Waals surface area contributed by atoms with E-state index in [2.05, 4.69) is 10.6 Å². The first-order chi connectivity index (χ1) is 11.6. The summed E-state index contributed by atoms with van der Waals surface area (Å²) < 4.78 is 5.85. The van der Waals surface area contributed by atoms with Crippen molar-refractivity contribution in [1.29, 1.82) is 0 Å². The molecule has 1 heterocycles. The number of aliphatic hydroxyl groups excluding tert-OH is 1. The van der Waals surface area contributed by atoms with Crippen LogP contribution in [0.5, 0.6) is 5.75 Å². The Bertz CT molecular complexity index is 790. The summed E-state index contributed by atoms with van der Waals surface area (Å²) in [6.07, 6.45) is 0.447. The Morgan fingerprint density at radius 2 is 1.83 bits per heavy atom. The molecule has 1 fully saturated rings. The number of hydrogen-bond donors (Lipinski definition) is 3. The summed E-state index contributed by atoms with van der Waals surface area (Å²) in [6, 6.07) is 17.1. The molecule has 1 unspecified atom stereocenters. The number of thiocarbonyl (C=S) groups is 1. The van der Waals surface area contributed by atoms with Crippen LogP contribution >= 0.6 is 12.2 Å². The minimum atomic E-state index is -1.14. The summed E-state index contributed by atoms with van der Waals surface area (Å²) >= 11 is 4.84. The van der Waals surface area contributed by atoms with Crippen LogP contribution in [0.4, 0.5) is 0 Å². The second-order valence-electron chi connectivity index (χ2n) is 5.24. The van der Waals surface area contributed by atoms with Crippen LogP contribution < -0.4 is 15.4 Å². The molecule has 122 valence electrons. The van der Waals surface area contributed by atoms with Crippen molar-refractivity contribution in [2.45, 2.75) is 12.8 Å². The molecule has 1 saturated heterocycles. The number of rotatable bonds is 4. The van der Waals surface area contributed by atoms with Gasteiger partial charge in [0, 0.05) is 5.56 Å². The number of carbonyl (C=O) groups excluding carboxylic acids is 1. The zero-order chi connectivity index (χ0) is 16.9. The zero-order valence-electron chi connectivity index (χ0n) is 12.7. The number of amides is 1. The minimum Gasteiger partial charge on any atom is -0.488 e. The van der Waals surface area contributed by atoms with Crippen molar-refractivity contribution in [1.82, 2.24) is 10.6 Å². The van der Waals surface area contributed by atoms with Crippen LogP contribution in [0.25, 0.3) is 6.08 Å². The van der Waals surface area contributed by atoms with Crippen molar-refractivity contribution in [3.63, 3.8) is 0 Å². The van der Waals surface area contributed by atoms with Crippen LogP contribution in [0.3, 0.4) is 0 Å². The number of benzene rings is 2. The molecule has 0 aromatic heterocycles. The Labute approximate surface area is 145 Å². The molecular formula is C18H16N2O3S. The van der Waals surface area contributed by atoms with Gasteiger partial charge < -0.3 is 15.2 Å². The van der Waals surface area contributed by atoms with E-state index in [-0.39, 0.29) is 10.7 Å². The highest BCUT2D eigenvalue weighted by molar-refractivity contribution is 7.80. The van der Waals surface area contributed by atoms with Gasteiger partial charge in [0.1, 0.15) is 12.4 Å². The van der Waals surface area contributed by atoms with Crippen molar-refractivity contribution in [3.8, 4) is 5.75 Å². The van der Waals surface area contributed by atoms with Gasteiger partial charge in [0.2, 0.25) is 0 Å². The first-order valence-corrected chi connectivity index (χ1v) is 7.81. The van der Waals surface area contributed by atoms with E-state index in [1.54, 1.807) is 6.08 Å². The molecule has 1 atom stereocenters. The van der Waals surface area contributed by atoms with Gasteiger partial charge >= 0.3 is 0 Å². The highest BCUT2D eigenvalue weighted by atomic mass is 32.1. The maximum atomic E-state index is 12.0. The summed E-state index contributed by atoms with van der Waals surface area (Å²) in [7, 11) is 0. The Kier molecular flexibility index (Phi) is 4.88. The predicted molar refractivity (Wildman–Crippen MR) is 95.1 cm³/mol. The lowest BCUT2D eigenvalue weighted by molar-refractivity contribution is -0.117. The average molecular weight is 340 g/mol. The third kappa shape index (κ3) is 3.79. The van der Waals surface area contributed by atoms with Gasteiger partial charge in [-0.05, 0) is 29.9 Å². The topological polar surface area (TPSA) is 70.6 Å². The molecule has 0 aliphatic carbocycles. The molecule has 5 nitrogen and oxygen atoms in total. The molecule has 1 aliphatic heterocycles. The standard InChI is InChI=1S/C18H16N2O3S/c21-16-14(17(22)20-18(24)19-16)10-13-8-4-5-9-15(13)23-11-12-6-2-1-3-7-12/h1-10,16,21H,11H2,(H2,19,20,22,24)/b14-10+. The van der Waals surface area contributed by atoms with Gasteiger partial charge in [-0.1, -0.05) is 48.5 Å². The van der Waals surface area contributed by atoms with Crippen LogP contribution in [0, 0.1) is 0 Å². The Morgan fingerprint density at radius 1 is 1.12 bits per heavy atom. The molecule has 0 bridgehead atoms. The summed E-state index contributed by atoms with van der Waals surface area (Å²) in [4.78, 5) is 12.0. The van der Waals surface area contributed by atoms with Gasteiger partial charge in [-0.2, -0.15) is 0 Å². The van der Waals surface area contributed by atoms with Gasteiger partial charge in [0.25, 0.3) is 5.91 Å². The van der Waals surface area contributed by atoms with Gasteiger partial charge in [-0.25, -0.2) is 0 Å². The molecule has 3 rings (SSSR count). The quantitative estimate of drug-likeness (QED) is 0.586. The number of hydrogen-bond acceptors (Lipinski definition) is 4. The Balaban J connectivity index is 1.82. The van der Waals surface area contributed by atoms with Crippen LogP contribution in [0.1, 0.15) is 11.1 Å². The van der Waals surface area contributed by atoms with E-state index in [1.807, 2.05) is 54.6 Å². The van der Waals surface area contributed by atoms with Gasteiger partial charge in [-0.15, -0.1) is 0 Å². The molecule has 3 N–H and O–H groups in total. The van der Waals surface area contributed by atoms with E-state index in [0.29, 0.717) is 17.9 Å². The number of para-hydroxylation sites is 1. The van der Waals surface area contributed by atoms with Crippen LogP contribution in [0.2, 0.25) is 0 Å². The molecule has 1 aliphatic rings. The summed E-state index contributed by atoms with van der Waals surface area (Å²) in [6.45, 7) is 0.415. The Morgan fingerprint density at radius 3 is 2.58 bits per heavy atom. The average Bonchev–Trinajstić information content (AvgIpc) is 2.58. The normalized spacial score (nSPS) is 18.9. The van der Waals surface area contributed by atoms with Crippen LogP contribution in [-0.4, -0.2) is 22.4 Å². The number of aliphatic hydroxyl groups is 1. The molecule has 0 spiro atoms. The lowest BCUT2D eigenvalue weighted by Crippen LogP contribution is -2.53. The zero-order valence-corrected chi connectivity index (χ0v) is 13.5. The van der Waals surface area contributed by atoms with E-state index in [4.69, 9.17) is 17.0 Å². The van der Waals surface area contributed by atoms with E-state index in [0.717, 1.165) is 5.56 Å². The number of ether oxygens (including phenoxy) is 1. The SMILES string of the molecule is O=C1NC(=S)NC(O)/C1=C\c1ccccc1OCc1ccccc1. The lowest BCUT2D eigenvalue weighted by Gasteiger charge is -2.23. The molecule has 0 saturated carbocycles. The van der Waals surface area contributed by atoms with E-state index in [1.165, 1.54) is 0 Å². The second-order valence-corrected chi connectivity index (χ2v) is 5.65. The van der Waals surface area contributed by atoms with E-state index < -0.39 is 12.1 Å². The molecular weight excluding hydrogens is 324 g/mol. The maximum Gasteiger partial charge on any atom is 0.257 e. The fourth-order valence-electron chi connectivity index (χ4n) is 2.32. The Hall–Kier alpha value is -2.70. The van der Waals surface area contributed by atoms with E-state index >= 15 is 0 Å². The van der Waals surface area contributed by atoms with Crippen molar-refractivity contribution in [2.75, 3.05) is 0 Å². The van der Waals surface area contributed by atoms with Crippen LogP contribution in [-0.2, 0) is 11.4 Å². The molecule has 2 aromatic carbocycles. The van der Waals surface area contributed by atoms with Crippen molar-refractivity contribution in [2.24, 2.45) is 0 Å². The van der Waals surface area contributed by atoms with Gasteiger partial charge in [-0.3, -0.25) is 10.1 Å². The predicted octanol–water partition coefficient (Wildman–Crippen LogP) is 1.97. The third-order valence-electron chi connectivity index (χ3n) is 3.52. The molecule has 1 amide bonds. The fourth-order valence-corrected chi connectivity index (χ4v) is 2.52. The second kappa shape index (κ2) is 7.25.